The Morgan fingerprint density at radius 1 is 0.941 bits per heavy atom. The fraction of sp³-hybridized carbons (Fsp3) is 0.571. The lowest BCUT2D eigenvalue weighted by molar-refractivity contribution is 0.520. The average Bonchev–Trinajstić information content (AvgIpc) is 2.39. The summed E-state index contributed by atoms with van der Waals surface area (Å²) in [4.78, 5) is 0. The summed E-state index contributed by atoms with van der Waals surface area (Å²) in [7, 11) is 0. The highest BCUT2D eigenvalue weighted by Gasteiger charge is 1.94. The van der Waals surface area contributed by atoms with Gasteiger partial charge in [-0.3, -0.25) is 0 Å². The van der Waals surface area contributed by atoms with Crippen LogP contribution in [0.3, 0.4) is 0 Å². The topological polar surface area (TPSA) is 12.0 Å². The first-order chi connectivity index (χ1) is 8.20. The summed E-state index contributed by atoms with van der Waals surface area (Å²) >= 11 is 11.3. The maximum atomic E-state index is 5.68. The van der Waals surface area contributed by atoms with E-state index in [4.69, 9.17) is 23.2 Å². The minimum Gasteiger partial charge on any atom is -0.317 e. The van der Waals surface area contributed by atoms with Gasteiger partial charge in [0, 0.05) is 0 Å². The van der Waals surface area contributed by atoms with Crippen LogP contribution in [0, 0.1) is 6.92 Å². The molecule has 0 radical (unpaired) electrons. The minimum absolute atomic E-state index is 0.613. The molecule has 17 heavy (non-hydrogen) atoms. The standard InChI is InChI=1S/C7H6Cl2.C5H11N.C2H6/c1-5-2-3-6(8)7(9)4-5;1-2-4-6-5-3-1;1-2/h2-4H,1H3;6H,1-5H2;1-2H3. The maximum absolute atomic E-state index is 5.68. The van der Waals surface area contributed by atoms with Crippen molar-refractivity contribution in [1.82, 2.24) is 5.32 Å². The number of hydrogen-bond donors (Lipinski definition) is 1. The van der Waals surface area contributed by atoms with Crippen LogP contribution in [0.25, 0.3) is 0 Å². The molecule has 1 heterocycles. The molecule has 0 saturated carbocycles. The van der Waals surface area contributed by atoms with Crippen molar-refractivity contribution in [1.29, 1.82) is 0 Å². The number of hydrogen-bond acceptors (Lipinski definition) is 1. The molecule has 1 aromatic rings. The molecule has 0 aromatic heterocycles. The summed E-state index contributed by atoms with van der Waals surface area (Å²) in [5.74, 6) is 0. The van der Waals surface area contributed by atoms with Crippen LogP contribution in [-0.4, -0.2) is 13.1 Å². The molecule has 1 fully saturated rings. The van der Waals surface area contributed by atoms with E-state index >= 15 is 0 Å². The predicted molar refractivity (Wildman–Crippen MR) is 79.3 cm³/mol. The van der Waals surface area contributed by atoms with Crippen molar-refractivity contribution >= 4 is 23.2 Å². The average molecular weight is 276 g/mol. The third kappa shape index (κ3) is 8.48. The van der Waals surface area contributed by atoms with E-state index < -0.39 is 0 Å². The van der Waals surface area contributed by atoms with Crippen molar-refractivity contribution in [3.8, 4) is 0 Å². The zero-order chi connectivity index (χ0) is 13.1. The van der Waals surface area contributed by atoms with E-state index in [1.54, 1.807) is 6.07 Å². The number of halogens is 2. The molecule has 0 unspecified atom stereocenters. The summed E-state index contributed by atoms with van der Waals surface area (Å²) in [6.45, 7) is 8.47. The largest absolute Gasteiger partial charge is 0.317 e. The second-order valence-corrected chi connectivity index (χ2v) is 4.54. The van der Waals surface area contributed by atoms with Crippen LogP contribution >= 0.6 is 23.2 Å². The molecule has 0 amide bonds. The zero-order valence-electron chi connectivity index (χ0n) is 11.0. The highest BCUT2D eigenvalue weighted by Crippen LogP contribution is 2.21. The summed E-state index contributed by atoms with van der Waals surface area (Å²) < 4.78 is 0. The highest BCUT2D eigenvalue weighted by atomic mass is 35.5. The molecule has 1 aromatic carbocycles. The van der Waals surface area contributed by atoms with E-state index in [2.05, 4.69) is 5.32 Å². The Bertz CT molecular complexity index is 285. The van der Waals surface area contributed by atoms with E-state index in [9.17, 15) is 0 Å². The molecular weight excluding hydrogens is 253 g/mol. The van der Waals surface area contributed by atoms with Crippen molar-refractivity contribution in [2.45, 2.75) is 40.0 Å². The molecule has 1 nitrogen and oxygen atoms in total. The molecule has 1 N–H and O–H groups in total. The van der Waals surface area contributed by atoms with Crippen molar-refractivity contribution < 1.29 is 0 Å². The quantitative estimate of drug-likeness (QED) is 0.696. The van der Waals surface area contributed by atoms with Gasteiger partial charge < -0.3 is 5.32 Å². The van der Waals surface area contributed by atoms with Crippen molar-refractivity contribution in [3.63, 3.8) is 0 Å². The van der Waals surface area contributed by atoms with Gasteiger partial charge in [-0.25, -0.2) is 0 Å². The number of rotatable bonds is 0. The van der Waals surface area contributed by atoms with Gasteiger partial charge in [0.1, 0.15) is 0 Å². The van der Waals surface area contributed by atoms with Crippen LogP contribution in [0.15, 0.2) is 18.2 Å². The van der Waals surface area contributed by atoms with Crippen molar-refractivity contribution in [2.24, 2.45) is 0 Å². The number of aryl methyl sites for hydroxylation is 1. The van der Waals surface area contributed by atoms with Gasteiger partial charge in [-0.15, -0.1) is 0 Å². The van der Waals surface area contributed by atoms with Gasteiger partial charge in [0.15, 0.2) is 0 Å². The van der Waals surface area contributed by atoms with Crippen LogP contribution in [0.5, 0.6) is 0 Å². The Hall–Kier alpha value is -0.240. The second-order valence-electron chi connectivity index (χ2n) is 3.73. The van der Waals surface area contributed by atoms with E-state index in [1.165, 1.54) is 32.4 Å². The van der Waals surface area contributed by atoms with Gasteiger partial charge in [0.25, 0.3) is 0 Å². The second kappa shape index (κ2) is 10.9. The molecule has 1 aliphatic heterocycles. The van der Waals surface area contributed by atoms with Crippen LogP contribution in [0.2, 0.25) is 10.0 Å². The third-order valence-corrected chi connectivity index (χ3v) is 3.02. The smallest absolute Gasteiger partial charge is 0.0594 e. The van der Waals surface area contributed by atoms with E-state index in [0.717, 1.165) is 5.56 Å². The SMILES string of the molecule is C1CCNCC1.CC.Cc1ccc(Cl)c(Cl)c1. The molecular formula is C14H23Cl2N. The summed E-state index contributed by atoms with van der Waals surface area (Å²) in [5, 5.41) is 4.52. The fourth-order valence-corrected chi connectivity index (χ4v) is 1.76. The molecule has 0 aliphatic carbocycles. The summed E-state index contributed by atoms with van der Waals surface area (Å²) in [6, 6.07) is 5.55. The summed E-state index contributed by atoms with van der Waals surface area (Å²) in [6.07, 6.45) is 4.22. The van der Waals surface area contributed by atoms with Gasteiger partial charge in [-0.2, -0.15) is 0 Å². The number of piperidine rings is 1. The monoisotopic (exact) mass is 275 g/mol. The van der Waals surface area contributed by atoms with Crippen LogP contribution in [0.4, 0.5) is 0 Å². The first-order valence-corrected chi connectivity index (χ1v) is 7.08. The van der Waals surface area contributed by atoms with E-state index in [-0.39, 0.29) is 0 Å². The molecule has 98 valence electrons. The normalized spacial score (nSPS) is 13.9. The van der Waals surface area contributed by atoms with Gasteiger partial charge in [0.05, 0.1) is 10.0 Å². The Morgan fingerprint density at radius 3 is 1.82 bits per heavy atom. The molecule has 0 bridgehead atoms. The molecule has 1 saturated heterocycles. The highest BCUT2D eigenvalue weighted by molar-refractivity contribution is 6.41. The Kier molecular flexibility index (Phi) is 10.7. The van der Waals surface area contributed by atoms with Gasteiger partial charge in [-0.1, -0.05) is 49.5 Å². The van der Waals surface area contributed by atoms with Crippen molar-refractivity contribution in [2.75, 3.05) is 13.1 Å². The Balaban J connectivity index is 0.000000278. The van der Waals surface area contributed by atoms with Gasteiger partial charge in [0.2, 0.25) is 0 Å². The zero-order valence-corrected chi connectivity index (χ0v) is 12.5. The lowest BCUT2D eigenvalue weighted by Gasteiger charge is -2.08. The van der Waals surface area contributed by atoms with Crippen LogP contribution in [0.1, 0.15) is 38.7 Å². The lowest BCUT2D eigenvalue weighted by Crippen LogP contribution is -2.21. The lowest BCUT2D eigenvalue weighted by atomic mass is 10.2. The third-order valence-electron chi connectivity index (χ3n) is 2.28. The van der Waals surface area contributed by atoms with Crippen LogP contribution < -0.4 is 5.32 Å². The van der Waals surface area contributed by atoms with Crippen LogP contribution in [-0.2, 0) is 0 Å². The predicted octanol–water partition coefficient (Wildman–Crippen LogP) is 5.09. The number of benzene rings is 1. The van der Waals surface area contributed by atoms with Gasteiger partial charge >= 0.3 is 0 Å². The molecule has 0 atom stereocenters. The Labute approximate surface area is 116 Å². The van der Waals surface area contributed by atoms with Crippen molar-refractivity contribution in [3.05, 3.63) is 33.8 Å². The number of nitrogens with one attached hydrogen (secondary N) is 1. The Morgan fingerprint density at radius 2 is 1.53 bits per heavy atom. The van der Waals surface area contributed by atoms with E-state index in [0.29, 0.717) is 10.0 Å². The first kappa shape index (κ1) is 16.8. The van der Waals surface area contributed by atoms with Gasteiger partial charge in [-0.05, 0) is 50.6 Å². The van der Waals surface area contributed by atoms with E-state index in [1.807, 2.05) is 32.9 Å². The summed E-state index contributed by atoms with van der Waals surface area (Å²) in [5.41, 5.74) is 1.13. The molecule has 2 rings (SSSR count). The molecule has 3 heteroatoms. The fourth-order valence-electron chi connectivity index (χ4n) is 1.40. The minimum atomic E-state index is 0.613. The molecule has 0 spiro atoms. The maximum Gasteiger partial charge on any atom is 0.0594 e. The molecule has 1 aliphatic rings. The first-order valence-electron chi connectivity index (χ1n) is 6.32.